The van der Waals surface area contributed by atoms with Gasteiger partial charge in [0.1, 0.15) is 0 Å². The third kappa shape index (κ3) is 4.12. The molecule has 1 saturated heterocycles. The molecular formula is C19H21IN2O. The number of amides is 1. The van der Waals surface area contributed by atoms with Gasteiger partial charge in [0.25, 0.3) is 5.91 Å². The normalized spacial score (nSPS) is 15.7. The van der Waals surface area contributed by atoms with Gasteiger partial charge in [0.05, 0.1) is 0 Å². The Balaban J connectivity index is 1.58. The van der Waals surface area contributed by atoms with Crippen LogP contribution < -0.4 is 0 Å². The summed E-state index contributed by atoms with van der Waals surface area (Å²) in [6, 6.07) is 16.4. The van der Waals surface area contributed by atoms with Gasteiger partial charge in [-0.1, -0.05) is 30.3 Å². The number of carbonyl (C=O) groups excluding carboxylic acids is 1. The minimum absolute atomic E-state index is 0.152. The first kappa shape index (κ1) is 16.5. The lowest BCUT2D eigenvalue weighted by Crippen LogP contribution is -2.48. The van der Waals surface area contributed by atoms with Crippen molar-refractivity contribution in [2.75, 3.05) is 26.2 Å². The van der Waals surface area contributed by atoms with Crippen molar-refractivity contribution >= 4 is 28.5 Å². The van der Waals surface area contributed by atoms with Gasteiger partial charge in [0, 0.05) is 41.9 Å². The highest BCUT2D eigenvalue weighted by molar-refractivity contribution is 14.1. The van der Waals surface area contributed by atoms with Crippen LogP contribution in [0.4, 0.5) is 0 Å². The molecule has 0 atom stereocenters. The van der Waals surface area contributed by atoms with Gasteiger partial charge in [0.2, 0.25) is 0 Å². The van der Waals surface area contributed by atoms with E-state index >= 15 is 0 Å². The van der Waals surface area contributed by atoms with Crippen LogP contribution in [-0.2, 0) is 6.54 Å². The van der Waals surface area contributed by atoms with Gasteiger partial charge >= 0.3 is 0 Å². The Morgan fingerprint density at radius 3 is 2.48 bits per heavy atom. The molecular weight excluding hydrogens is 399 g/mol. The van der Waals surface area contributed by atoms with Crippen LogP contribution in [0.3, 0.4) is 0 Å². The van der Waals surface area contributed by atoms with E-state index in [1.165, 1.54) is 11.1 Å². The first-order valence-corrected chi connectivity index (χ1v) is 9.03. The number of aryl methyl sites for hydroxylation is 1. The maximum Gasteiger partial charge on any atom is 0.253 e. The van der Waals surface area contributed by atoms with Crippen LogP contribution in [0.5, 0.6) is 0 Å². The van der Waals surface area contributed by atoms with Gasteiger partial charge in [0.15, 0.2) is 0 Å². The second-order valence-electron chi connectivity index (χ2n) is 6.01. The first-order chi connectivity index (χ1) is 11.1. The number of rotatable bonds is 3. The minimum Gasteiger partial charge on any atom is -0.336 e. The zero-order chi connectivity index (χ0) is 16.2. The van der Waals surface area contributed by atoms with E-state index in [0.29, 0.717) is 0 Å². The number of carbonyl (C=O) groups is 1. The van der Waals surface area contributed by atoms with Crippen LogP contribution in [0.2, 0.25) is 0 Å². The van der Waals surface area contributed by atoms with Crippen molar-refractivity contribution in [2.24, 2.45) is 0 Å². The number of piperazine rings is 1. The molecule has 2 aromatic rings. The SMILES string of the molecule is Cc1ccccc1CN1CCN(C(=O)c2cccc(I)c2)CC1. The van der Waals surface area contributed by atoms with Gasteiger partial charge in [-0.3, -0.25) is 9.69 Å². The van der Waals surface area contributed by atoms with Crippen molar-refractivity contribution < 1.29 is 4.79 Å². The topological polar surface area (TPSA) is 23.6 Å². The summed E-state index contributed by atoms with van der Waals surface area (Å²) < 4.78 is 1.10. The van der Waals surface area contributed by atoms with E-state index in [9.17, 15) is 4.79 Å². The van der Waals surface area contributed by atoms with Crippen molar-refractivity contribution in [1.82, 2.24) is 9.80 Å². The summed E-state index contributed by atoms with van der Waals surface area (Å²) in [5, 5.41) is 0. The van der Waals surface area contributed by atoms with Gasteiger partial charge in [-0.2, -0.15) is 0 Å². The summed E-state index contributed by atoms with van der Waals surface area (Å²) >= 11 is 2.25. The molecule has 1 fully saturated rings. The Labute approximate surface area is 151 Å². The number of benzene rings is 2. The molecule has 0 radical (unpaired) electrons. The van der Waals surface area contributed by atoms with Crippen molar-refractivity contribution in [1.29, 1.82) is 0 Å². The smallest absolute Gasteiger partial charge is 0.253 e. The van der Waals surface area contributed by atoms with Crippen LogP contribution in [0.15, 0.2) is 48.5 Å². The fraction of sp³-hybridized carbons (Fsp3) is 0.316. The molecule has 3 nitrogen and oxygen atoms in total. The quantitative estimate of drug-likeness (QED) is 0.710. The lowest BCUT2D eigenvalue weighted by atomic mass is 10.1. The van der Waals surface area contributed by atoms with Crippen LogP contribution >= 0.6 is 22.6 Å². The first-order valence-electron chi connectivity index (χ1n) is 7.95. The van der Waals surface area contributed by atoms with Crippen LogP contribution in [0.1, 0.15) is 21.5 Å². The van der Waals surface area contributed by atoms with Gasteiger partial charge in [-0.15, -0.1) is 0 Å². The average Bonchev–Trinajstić information content (AvgIpc) is 2.57. The van der Waals surface area contributed by atoms with Crippen molar-refractivity contribution in [2.45, 2.75) is 13.5 Å². The van der Waals surface area contributed by atoms with Gasteiger partial charge in [-0.25, -0.2) is 0 Å². The number of nitrogens with zero attached hydrogens (tertiary/aromatic N) is 2. The molecule has 1 amide bonds. The van der Waals surface area contributed by atoms with E-state index < -0.39 is 0 Å². The molecule has 0 spiro atoms. The predicted octanol–water partition coefficient (Wildman–Crippen LogP) is 3.56. The fourth-order valence-electron chi connectivity index (χ4n) is 2.94. The molecule has 0 aliphatic carbocycles. The van der Waals surface area contributed by atoms with Crippen molar-refractivity contribution in [3.63, 3.8) is 0 Å². The van der Waals surface area contributed by atoms with Gasteiger partial charge in [-0.05, 0) is 58.8 Å². The number of hydrogen-bond donors (Lipinski definition) is 0. The molecule has 23 heavy (non-hydrogen) atoms. The average molecular weight is 420 g/mol. The van der Waals surface area contributed by atoms with E-state index in [2.05, 4.69) is 58.7 Å². The summed E-state index contributed by atoms with van der Waals surface area (Å²) in [4.78, 5) is 17.0. The van der Waals surface area contributed by atoms with Crippen LogP contribution in [-0.4, -0.2) is 41.9 Å². The minimum atomic E-state index is 0.152. The molecule has 0 saturated carbocycles. The monoisotopic (exact) mass is 420 g/mol. The molecule has 1 heterocycles. The van der Waals surface area contributed by atoms with E-state index in [1.54, 1.807) is 0 Å². The van der Waals surface area contributed by atoms with Gasteiger partial charge < -0.3 is 4.90 Å². The summed E-state index contributed by atoms with van der Waals surface area (Å²) in [7, 11) is 0. The summed E-state index contributed by atoms with van der Waals surface area (Å²) in [6.45, 7) is 6.60. The van der Waals surface area contributed by atoms with Crippen molar-refractivity contribution in [3.05, 3.63) is 68.8 Å². The maximum atomic E-state index is 12.6. The Hall–Kier alpha value is -1.40. The molecule has 1 aliphatic rings. The standard InChI is InChI=1S/C19H21IN2O/c1-15-5-2-3-6-17(15)14-21-9-11-22(12-10-21)19(23)16-7-4-8-18(20)13-16/h2-8,13H,9-12,14H2,1H3. The molecule has 1 aliphatic heterocycles. The fourth-order valence-corrected chi connectivity index (χ4v) is 3.48. The molecule has 0 bridgehead atoms. The molecule has 3 rings (SSSR count). The largest absolute Gasteiger partial charge is 0.336 e. The molecule has 0 N–H and O–H groups in total. The second-order valence-corrected chi connectivity index (χ2v) is 7.25. The lowest BCUT2D eigenvalue weighted by Gasteiger charge is -2.35. The Bertz CT molecular complexity index is 693. The van der Waals surface area contributed by atoms with E-state index in [-0.39, 0.29) is 5.91 Å². The number of halogens is 1. The summed E-state index contributed by atoms with van der Waals surface area (Å²) in [6.07, 6.45) is 0. The number of hydrogen-bond acceptors (Lipinski definition) is 2. The Morgan fingerprint density at radius 2 is 1.78 bits per heavy atom. The zero-order valence-corrected chi connectivity index (χ0v) is 15.5. The summed E-state index contributed by atoms with van der Waals surface area (Å²) in [5.74, 6) is 0.152. The Kier molecular flexibility index (Phi) is 5.33. The van der Waals surface area contributed by atoms with E-state index in [0.717, 1.165) is 41.9 Å². The molecule has 0 unspecified atom stereocenters. The highest BCUT2D eigenvalue weighted by Gasteiger charge is 2.22. The van der Waals surface area contributed by atoms with E-state index in [4.69, 9.17) is 0 Å². The predicted molar refractivity (Wildman–Crippen MR) is 102 cm³/mol. The molecule has 2 aromatic carbocycles. The summed E-state index contributed by atoms with van der Waals surface area (Å²) in [5.41, 5.74) is 3.51. The lowest BCUT2D eigenvalue weighted by molar-refractivity contribution is 0.0628. The zero-order valence-electron chi connectivity index (χ0n) is 13.3. The van der Waals surface area contributed by atoms with Crippen LogP contribution in [0, 0.1) is 10.5 Å². The highest BCUT2D eigenvalue weighted by atomic mass is 127. The highest BCUT2D eigenvalue weighted by Crippen LogP contribution is 2.15. The van der Waals surface area contributed by atoms with Crippen molar-refractivity contribution in [3.8, 4) is 0 Å². The molecule has 0 aromatic heterocycles. The second kappa shape index (κ2) is 7.45. The molecule has 4 heteroatoms. The van der Waals surface area contributed by atoms with E-state index in [1.807, 2.05) is 29.2 Å². The third-order valence-corrected chi connectivity index (χ3v) is 5.06. The molecule has 120 valence electrons. The Morgan fingerprint density at radius 1 is 1.04 bits per heavy atom. The maximum absolute atomic E-state index is 12.6. The third-order valence-electron chi connectivity index (χ3n) is 4.39. The van der Waals surface area contributed by atoms with Crippen LogP contribution in [0.25, 0.3) is 0 Å².